The van der Waals surface area contributed by atoms with Gasteiger partial charge in [0.2, 0.25) is 0 Å². The molecule has 0 bridgehead atoms. The molecule has 154 valence electrons. The van der Waals surface area contributed by atoms with Gasteiger partial charge in [-0.15, -0.1) is 0 Å². The van der Waals surface area contributed by atoms with Gasteiger partial charge in [-0.25, -0.2) is 0 Å². The Hall–Kier alpha value is -2.97. The van der Waals surface area contributed by atoms with Crippen LogP contribution in [0.1, 0.15) is 36.1 Å². The van der Waals surface area contributed by atoms with E-state index >= 15 is 0 Å². The Labute approximate surface area is 193 Å². The van der Waals surface area contributed by atoms with Crippen LogP contribution in [0.15, 0.2) is 102 Å². The predicted molar refractivity (Wildman–Crippen MR) is 137 cm³/mol. The van der Waals surface area contributed by atoms with Crippen LogP contribution in [0.25, 0.3) is 16.3 Å². The number of fused-ring (bicyclic) bond motifs is 1. The number of rotatable bonds is 6. The Morgan fingerprint density at radius 1 is 0.806 bits per heavy atom. The molecule has 1 nitrogen and oxygen atoms in total. The van der Waals surface area contributed by atoms with Crippen LogP contribution in [-0.4, -0.2) is 5.71 Å². The number of hydrogen-bond donors (Lipinski definition) is 1. The highest BCUT2D eigenvalue weighted by atomic mass is 79.9. The van der Waals surface area contributed by atoms with E-state index in [0.29, 0.717) is 5.71 Å². The van der Waals surface area contributed by atoms with E-state index in [2.05, 4.69) is 109 Å². The lowest BCUT2D eigenvalue weighted by Crippen LogP contribution is -2.10. The van der Waals surface area contributed by atoms with Crippen LogP contribution in [0.5, 0.6) is 0 Å². The molecule has 0 heterocycles. The van der Waals surface area contributed by atoms with Gasteiger partial charge in [-0.05, 0) is 52.4 Å². The lowest BCUT2D eigenvalue weighted by molar-refractivity contribution is 0.987. The highest BCUT2D eigenvalue weighted by Gasteiger charge is 2.14. The largest absolute Gasteiger partial charge is 0.304 e. The van der Waals surface area contributed by atoms with Gasteiger partial charge in [-0.3, -0.25) is 0 Å². The van der Waals surface area contributed by atoms with Crippen molar-refractivity contribution < 1.29 is 0 Å². The van der Waals surface area contributed by atoms with E-state index in [0.717, 1.165) is 27.2 Å². The van der Waals surface area contributed by atoms with Gasteiger partial charge in [0.05, 0.1) is 0 Å². The zero-order valence-electron chi connectivity index (χ0n) is 17.9. The molecular formula is C29H26BrN. The van der Waals surface area contributed by atoms with Crippen molar-refractivity contribution in [3.05, 3.63) is 124 Å². The van der Waals surface area contributed by atoms with Crippen molar-refractivity contribution in [1.29, 1.82) is 5.41 Å². The second-order valence-electron chi connectivity index (χ2n) is 8.01. The number of allylic oxidation sites excluding steroid dienone is 2. The molecule has 2 heteroatoms. The molecule has 4 aromatic carbocycles. The highest BCUT2D eigenvalue weighted by molar-refractivity contribution is 9.10. The molecule has 0 fully saturated rings. The molecule has 0 aliphatic carbocycles. The zero-order chi connectivity index (χ0) is 21.8. The summed E-state index contributed by atoms with van der Waals surface area (Å²) in [5, 5.41) is 11.2. The Balaban J connectivity index is 1.64. The van der Waals surface area contributed by atoms with Crippen molar-refractivity contribution >= 4 is 38.0 Å². The number of hydrogen-bond acceptors (Lipinski definition) is 1. The first-order chi connectivity index (χ1) is 15.0. The summed E-state index contributed by atoms with van der Waals surface area (Å²) in [6, 6.07) is 31.6. The first kappa shape index (κ1) is 21.3. The molecule has 0 aliphatic rings. The van der Waals surface area contributed by atoms with Crippen LogP contribution < -0.4 is 0 Å². The van der Waals surface area contributed by atoms with E-state index in [-0.39, 0.29) is 5.92 Å². The summed E-state index contributed by atoms with van der Waals surface area (Å²) < 4.78 is 1.06. The van der Waals surface area contributed by atoms with Crippen molar-refractivity contribution in [3.8, 4) is 0 Å². The van der Waals surface area contributed by atoms with Crippen LogP contribution in [0.3, 0.4) is 0 Å². The molecule has 4 rings (SSSR count). The maximum Gasteiger partial charge on any atom is 0.0458 e. The molecule has 31 heavy (non-hydrogen) atoms. The van der Waals surface area contributed by atoms with Gasteiger partial charge in [0, 0.05) is 21.7 Å². The molecule has 0 saturated carbocycles. The summed E-state index contributed by atoms with van der Waals surface area (Å²) in [6.45, 7) is 4.27. The molecule has 1 N–H and O–H groups in total. The Morgan fingerprint density at radius 3 is 2.23 bits per heavy atom. The third kappa shape index (κ3) is 4.70. The molecule has 0 radical (unpaired) electrons. The first-order valence-corrected chi connectivity index (χ1v) is 11.4. The fourth-order valence-electron chi connectivity index (χ4n) is 4.17. The second-order valence-corrected chi connectivity index (χ2v) is 8.87. The number of nitrogens with one attached hydrogen (secondary N) is 1. The van der Waals surface area contributed by atoms with Crippen LogP contribution in [0, 0.1) is 11.3 Å². The van der Waals surface area contributed by atoms with Crippen molar-refractivity contribution in [2.45, 2.75) is 20.3 Å². The average molecular weight is 468 g/mol. The van der Waals surface area contributed by atoms with Gasteiger partial charge in [0.1, 0.15) is 0 Å². The smallest absolute Gasteiger partial charge is 0.0458 e. The summed E-state index contributed by atoms with van der Waals surface area (Å²) >= 11 is 3.64. The predicted octanol–water partition coefficient (Wildman–Crippen LogP) is 8.30. The van der Waals surface area contributed by atoms with E-state index in [9.17, 15) is 0 Å². The summed E-state index contributed by atoms with van der Waals surface area (Å²) in [5.41, 5.74) is 6.73. The van der Waals surface area contributed by atoms with Crippen molar-refractivity contribution in [2.24, 2.45) is 5.92 Å². The molecule has 1 atom stereocenters. The molecule has 0 spiro atoms. The quantitative estimate of drug-likeness (QED) is 0.275. The minimum absolute atomic E-state index is 0.00867. The third-order valence-corrected chi connectivity index (χ3v) is 6.49. The third-order valence-electron chi connectivity index (χ3n) is 5.80. The number of halogens is 1. The molecule has 0 aromatic heterocycles. The van der Waals surface area contributed by atoms with E-state index in [1.165, 1.54) is 22.3 Å². The summed E-state index contributed by atoms with van der Waals surface area (Å²) in [7, 11) is 0. The van der Waals surface area contributed by atoms with Crippen LogP contribution in [0.2, 0.25) is 0 Å². The topological polar surface area (TPSA) is 23.9 Å². The SMILES string of the molecule is C/C(=C\C(C)C(=N)c1ccc(Br)c2ccccc12)c1ccccc1Cc1ccccc1. The van der Waals surface area contributed by atoms with Crippen molar-refractivity contribution in [2.75, 3.05) is 0 Å². The normalized spacial score (nSPS) is 12.7. The van der Waals surface area contributed by atoms with Crippen LogP contribution in [-0.2, 0) is 6.42 Å². The minimum Gasteiger partial charge on any atom is -0.304 e. The van der Waals surface area contributed by atoms with Crippen molar-refractivity contribution in [3.63, 3.8) is 0 Å². The van der Waals surface area contributed by atoms with Gasteiger partial charge >= 0.3 is 0 Å². The lowest BCUT2D eigenvalue weighted by atomic mass is 9.90. The van der Waals surface area contributed by atoms with E-state index in [1.54, 1.807) is 0 Å². The molecule has 4 aromatic rings. The molecule has 0 saturated heterocycles. The minimum atomic E-state index is 0.00867. The maximum atomic E-state index is 8.92. The average Bonchev–Trinajstić information content (AvgIpc) is 2.80. The van der Waals surface area contributed by atoms with Crippen LogP contribution in [0.4, 0.5) is 0 Å². The maximum absolute atomic E-state index is 8.92. The molecule has 1 unspecified atom stereocenters. The first-order valence-electron chi connectivity index (χ1n) is 10.6. The van der Waals surface area contributed by atoms with Gasteiger partial charge < -0.3 is 5.41 Å². The summed E-state index contributed by atoms with van der Waals surface area (Å²) in [6.07, 6.45) is 3.13. The van der Waals surface area contributed by atoms with Gasteiger partial charge in [0.15, 0.2) is 0 Å². The van der Waals surface area contributed by atoms with Gasteiger partial charge in [0.25, 0.3) is 0 Å². The van der Waals surface area contributed by atoms with Crippen molar-refractivity contribution in [1.82, 2.24) is 0 Å². The van der Waals surface area contributed by atoms with Crippen LogP contribution >= 0.6 is 15.9 Å². The lowest BCUT2D eigenvalue weighted by Gasteiger charge is -2.16. The Morgan fingerprint density at radius 2 is 1.45 bits per heavy atom. The van der Waals surface area contributed by atoms with E-state index in [4.69, 9.17) is 5.41 Å². The fraction of sp³-hybridized carbons (Fsp3) is 0.138. The Bertz CT molecular complexity index is 1250. The summed E-state index contributed by atoms with van der Waals surface area (Å²) in [4.78, 5) is 0. The van der Waals surface area contributed by atoms with Gasteiger partial charge in [-0.1, -0.05) is 114 Å². The zero-order valence-corrected chi connectivity index (χ0v) is 19.5. The van der Waals surface area contributed by atoms with E-state index < -0.39 is 0 Å². The monoisotopic (exact) mass is 467 g/mol. The fourth-order valence-corrected chi connectivity index (χ4v) is 4.64. The number of benzene rings is 4. The van der Waals surface area contributed by atoms with E-state index in [1.807, 2.05) is 18.2 Å². The van der Waals surface area contributed by atoms with Gasteiger partial charge in [-0.2, -0.15) is 0 Å². The molecule has 0 aliphatic heterocycles. The molecular weight excluding hydrogens is 442 g/mol. The second kappa shape index (κ2) is 9.45. The molecule has 0 amide bonds. The standard InChI is InChI=1S/C29H26BrN/c1-20(24-13-7-6-12-23(24)19-22-10-4-3-5-11-22)18-21(2)29(31)27-16-17-28(30)26-15-9-8-14-25(26)27/h3-18,21,31H,19H2,1-2H3/b20-18+,31-29?. The summed E-state index contributed by atoms with van der Waals surface area (Å²) in [5.74, 6) is 0.00867. The highest BCUT2D eigenvalue weighted by Crippen LogP contribution is 2.29. The Kier molecular flexibility index (Phi) is 6.48.